The molecule has 0 radical (unpaired) electrons. The number of amides is 1. The molecule has 3 aromatic rings. The number of hydrogen-bond acceptors (Lipinski definition) is 4. The second kappa shape index (κ2) is 8.15. The Morgan fingerprint density at radius 2 is 1.86 bits per heavy atom. The number of hydrogen-bond donors (Lipinski definition) is 2. The first-order chi connectivity index (χ1) is 13.3. The number of benzene rings is 1. The lowest BCUT2D eigenvalue weighted by Gasteiger charge is -2.08. The molecule has 0 bridgehead atoms. The summed E-state index contributed by atoms with van der Waals surface area (Å²) >= 11 is 0. The largest absolute Gasteiger partial charge is 0.416 e. The predicted molar refractivity (Wildman–Crippen MR) is 98.0 cm³/mol. The summed E-state index contributed by atoms with van der Waals surface area (Å²) in [5.41, 5.74) is 0.527. The Balaban J connectivity index is 1.60. The molecule has 1 aromatic carbocycles. The number of aromatic nitrogens is 4. The molecule has 0 saturated heterocycles. The summed E-state index contributed by atoms with van der Waals surface area (Å²) in [4.78, 5) is 12.2. The molecule has 2 N–H and O–H groups in total. The van der Waals surface area contributed by atoms with Crippen molar-refractivity contribution in [2.45, 2.75) is 26.2 Å². The van der Waals surface area contributed by atoms with Crippen molar-refractivity contribution in [2.24, 2.45) is 0 Å². The van der Waals surface area contributed by atoms with Gasteiger partial charge in [0.05, 0.1) is 23.6 Å². The van der Waals surface area contributed by atoms with E-state index in [1.807, 2.05) is 6.20 Å². The van der Waals surface area contributed by atoms with Crippen LogP contribution in [0.2, 0.25) is 0 Å². The third-order valence-electron chi connectivity index (χ3n) is 3.85. The quantitative estimate of drug-likeness (QED) is 0.643. The van der Waals surface area contributed by atoms with E-state index in [1.165, 1.54) is 22.9 Å². The van der Waals surface area contributed by atoms with Crippen molar-refractivity contribution < 1.29 is 18.0 Å². The van der Waals surface area contributed by atoms with Crippen LogP contribution in [0.3, 0.4) is 0 Å². The molecule has 7 nitrogen and oxygen atoms in total. The lowest BCUT2D eigenvalue weighted by molar-refractivity contribution is -0.137. The molecule has 2 aromatic heterocycles. The Hall–Kier alpha value is -3.30. The normalized spacial score (nSPS) is 11.4. The minimum absolute atomic E-state index is 0.149. The van der Waals surface area contributed by atoms with Crippen LogP contribution in [0, 0.1) is 0 Å². The molecule has 0 aliphatic rings. The Morgan fingerprint density at radius 3 is 2.54 bits per heavy atom. The van der Waals surface area contributed by atoms with E-state index in [0.29, 0.717) is 6.67 Å². The fourth-order valence-corrected chi connectivity index (χ4v) is 2.45. The number of nitrogens with one attached hydrogen (secondary N) is 2. The summed E-state index contributed by atoms with van der Waals surface area (Å²) in [6.45, 7) is 3.24. The highest BCUT2D eigenvalue weighted by Crippen LogP contribution is 2.29. The maximum atomic E-state index is 12.6. The van der Waals surface area contributed by atoms with E-state index in [2.05, 4.69) is 27.8 Å². The molecule has 2 heterocycles. The maximum Gasteiger partial charge on any atom is 0.416 e. The zero-order valence-corrected chi connectivity index (χ0v) is 15.1. The standard InChI is InChI=1S/C18H19F3N6O/c1-2-8-22-15-10-23-27(11-15)12-26-9-7-16(25-26)17(28)24-14-5-3-13(4-6-14)18(19,20)21/h3-7,9-11,22H,2,8,12H2,1H3,(H,24,28). The Morgan fingerprint density at radius 1 is 1.11 bits per heavy atom. The van der Waals surface area contributed by atoms with Crippen LogP contribution >= 0.6 is 0 Å². The van der Waals surface area contributed by atoms with Crippen LogP contribution in [0.5, 0.6) is 0 Å². The lowest BCUT2D eigenvalue weighted by Crippen LogP contribution is -2.15. The highest BCUT2D eigenvalue weighted by Gasteiger charge is 2.30. The van der Waals surface area contributed by atoms with Gasteiger partial charge in [-0.15, -0.1) is 0 Å². The lowest BCUT2D eigenvalue weighted by atomic mass is 10.2. The van der Waals surface area contributed by atoms with Gasteiger partial charge in [0.25, 0.3) is 5.91 Å². The Bertz CT molecular complexity index is 929. The molecule has 28 heavy (non-hydrogen) atoms. The first kappa shape index (κ1) is 19.5. The van der Waals surface area contributed by atoms with Crippen LogP contribution in [0.15, 0.2) is 48.9 Å². The summed E-state index contributed by atoms with van der Waals surface area (Å²) in [6, 6.07) is 5.75. The second-order valence-corrected chi connectivity index (χ2v) is 6.11. The third-order valence-corrected chi connectivity index (χ3v) is 3.85. The van der Waals surface area contributed by atoms with Crippen LogP contribution in [0.4, 0.5) is 24.5 Å². The molecule has 0 aliphatic carbocycles. The number of carbonyl (C=O) groups is 1. The van der Waals surface area contributed by atoms with Crippen molar-refractivity contribution in [3.8, 4) is 0 Å². The average molecular weight is 392 g/mol. The molecule has 0 aliphatic heterocycles. The molecular weight excluding hydrogens is 373 g/mol. The van der Waals surface area contributed by atoms with Crippen molar-refractivity contribution in [3.05, 3.63) is 60.2 Å². The fraction of sp³-hybridized carbons (Fsp3) is 0.278. The highest BCUT2D eigenvalue weighted by molar-refractivity contribution is 6.02. The molecule has 148 valence electrons. The Labute approximate surface area is 159 Å². The van der Waals surface area contributed by atoms with Gasteiger partial charge in [-0.25, -0.2) is 4.68 Å². The SMILES string of the molecule is CCCNc1cnn(Cn2ccc(C(=O)Nc3ccc(C(F)(F)F)cc3)n2)c1. The van der Waals surface area contributed by atoms with Gasteiger partial charge in [-0.1, -0.05) is 6.92 Å². The van der Waals surface area contributed by atoms with Crippen LogP contribution < -0.4 is 10.6 Å². The van der Waals surface area contributed by atoms with E-state index < -0.39 is 17.6 Å². The second-order valence-electron chi connectivity index (χ2n) is 6.11. The minimum Gasteiger partial charge on any atom is -0.383 e. The van der Waals surface area contributed by atoms with E-state index in [9.17, 15) is 18.0 Å². The average Bonchev–Trinajstić information content (AvgIpc) is 3.29. The number of alkyl halides is 3. The van der Waals surface area contributed by atoms with Crippen LogP contribution in [-0.4, -0.2) is 32.0 Å². The van der Waals surface area contributed by atoms with E-state index in [4.69, 9.17) is 0 Å². The zero-order valence-electron chi connectivity index (χ0n) is 15.1. The highest BCUT2D eigenvalue weighted by atomic mass is 19.4. The van der Waals surface area contributed by atoms with E-state index in [-0.39, 0.29) is 11.4 Å². The van der Waals surface area contributed by atoms with E-state index in [1.54, 1.807) is 17.1 Å². The van der Waals surface area contributed by atoms with Crippen LogP contribution in [0.25, 0.3) is 0 Å². The van der Waals surface area contributed by atoms with Gasteiger partial charge in [0.1, 0.15) is 6.67 Å². The topological polar surface area (TPSA) is 76.8 Å². The number of anilines is 2. The molecule has 0 fully saturated rings. The molecule has 1 amide bonds. The molecule has 0 unspecified atom stereocenters. The van der Waals surface area contributed by atoms with E-state index >= 15 is 0 Å². The van der Waals surface area contributed by atoms with Gasteiger partial charge in [0, 0.05) is 18.4 Å². The molecule has 3 rings (SSSR count). The van der Waals surface area contributed by atoms with Gasteiger partial charge < -0.3 is 10.6 Å². The first-order valence-electron chi connectivity index (χ1n) is 8.63. The minimum atomic E-state index is -4.42. The summed E-state index contributed by atoms with van der Waals surface area (Å²) in [7, 11) is 0. The summed E-state index contributed by atoms with van der Waals surface area (Å²) < 4.78 is 40.9. The number of carbonyl (C=O) groups excluding carboxylic acids is 1. The third kappa shape index (κ3) is 4.90. The molecule has 10 heteroatoms. The molecular formula is C18H19F3N6O. The summed E-state index contributed by atoms with van der Waals surface area (Å²) in [5.74, 6) is -0.510. The number of nitrogens with zero attached hydrogens (tertiary/aromatic N) is 4. The first-order valence-corrected chi connectivity index (χ1v) is 8.63. The summed E-state index contributed by atoms with van der Waals surface area (Å²) in [5, 5.41) is 14.1. The molecule has 0 spiro atoms. The van der Waals surface area contributed by atoms with Crippen molar-refractivity contribution in [1.29, 1.82) is 0 Å². The van der Waals surface area contributed by atoms with Crippen molar-refractivity contribution >= 4 is 17.3 Å². The molecule has 0 atom stereocenters. The van der Waals surface area contributed by atoms with Crippen molar-refractivity contribution in [1.82, 2.24) is 19.6 Å². The van der Waals surface area contributed by atoms with Gasteiger partial charge in [-0.3, -0.25) is 9.48 Å². The number of halogens is 3. The smallest absolute Gasteiger partial charge is 0.383 e. The van der Waals surface area contributed by atoms with Gasteiger partial charge in [0.15, 0.2) is 5.69 Å². The van der Waals surface area contributed by atoms with Gasteiger partial charge in [-0.2, -0.15) is 23.4 Å². The van der Waals surface area contributed by atoms with Crippen molar-refractivity contribution in [3.63, 3.8) is 0 Å². The van der Waals surface area contributed by atoms with Crippen LogP contribution in [-0.2, 0) is 12.8 Å². The summed E-state index contributed by atoms with van der Waals surface area (Å²) in [6.07, 6.45) is 1.75. The zero-order chi connectivity index (χ0) is 20.1. The predicted octanol–water partition coefficient (Wildman–Crippen LogP) is 3.68. The van der Waals surface area contributed by atoms with Crippen LogP contribution in [0.1, 0.15) is 29.4 Å². The van der Waals surface area contributed by atoms with E-state index in [0.717, 1.165) is 30.8 Å². The van der Waals surface area contributed by atoms with Crippen molar-refractivity contribution in [2.75, 3.05) is 17.2 Å². The van der Waals surface area contributed by atoms with Gasteiger partial charge in [-0.05, 0) is 36.8 Å². The van der Waals surface area contributed by atoms with Gasteiger partial charge >= 0.3 is 6.18 Å². The monoisotopic (exact) mass is 392 g/mol. The van der Waals surface area contributed by atoms with Gasteiger partial charge in [0.2, 0.25) is 0 Å². The maximum absolute atomic E-state index is 12.6. The molecule has 0 saturated carbocycles. The number of rotatable bonds is 7. The Kier molecular flexibility index (Phi) is 5.67. The fourth-order valence-electron chi connectivity index (χ4n) is 2.45.